The Kier molecular flexibility index (Phi) is 3.61. The maximum Gasteiger partial charge on any atom is 0.216 e. The quantitative estimate of drug-likeness (QED) is 0.809. The molecule has 0 fully saturated rings. The molecule has 82 valence electrons. The number of pyridine rings is 1. The van der Waals surface area contributed by atoms with Gasteiger partial charge in [-0.25, -0.2) is 4.98 Å². The standard InChI is InChI=1S/C12H10INO2/c1-15-12-8-9(6-7-14-12)16-11-5-3-2-4-10(11)13/h2-8H,1H3. The number of nitrogens with zero attached hydrogens (tertiary/aromatic N) is 1. The minimum atomic E-state index is 0.545. The zero-order valence-corrected chi connectivity index (χ0v) is 10.8. The van der Waals surface area contributed by atoms with Crippen LogP contribution in [0.15, 0.2) is 42.6 Å². The van der Waals surface area contributed by atoms with Crippen LogP contribution in [0, 0.1) is 3.57 Å². The van der Waals surface area contributed by atoms with Crippen LogP contribution in [-0.2, 0) is 0 Å². The highest BCUT2D eigenvalue weighted by molar-refractivity contribution is 14.1. The number of ether oxygens (including phenoxy) is 2. The second-order valence-corrected chi connectivity index (χ2v) is 4.23. The lowest BCUT2D eigenvalue weighted by molar-refractivity contribution is 0.392. The summed E-state index contributed by atoms with van der Waals surface area (Å²) >= 11 is 2.23. The van der Waals surface area contributed by atoms with E-state index in [0.717, 1.165) is 15.1 Å². The zero-order chi connectivity index (χ0) is 11.4. The van der Waals surface area contributed by atoms with E-state index in [1.807, 2.05) is 24.3 Å². The lowest BCUT2D eigenvalue weighted by atomic mass is 10.3. The largest absolute Gasteiger partial charge is 0.481 e. The van der Waals surface area contributed by atoms with E-state index in [0.29, 0.717) is 5.88 Å². The number of benzene rings is 1. The number of hydrogen-bond donors (Lipinski definition) is 0. The van der Waals surface area contributed by atoms with Crippen molar-refractivity contribution in [3.05, 3.63) is 46.2 Å². The molecule has 0 amide bonds. The van der Waals surface area contributed by atoms with E-state index in [4.69, 9.17) is 9.47 Å². The number of para-hydroxylation sites is 1. The fourth-order valence-electron chi connectivity index (χ4n) is 1.22. The molecule has 0 aliphatic rings. The molecule has 1 heterocycles. The minimum Gasteiger partial charge on any atom is -0.481 e. The molecule has 1 aromatic heterocycles. The summed E-state index contributed by atoms with van der Waals surface area (Å²) < 4.78 is 11.8. The van der Waals surface area contributed by atoms with Gasteiger partial charge in [0.25, 0.3) is 0 Å². The van der Waals surface area contributed by atoms with Gasteiger partial charge in [0.1, 0.15) is 11.5 Å². The van der Waals surface area contributed by atoms with Crippen molar-refractivity contribution >= 4 is 22.6 Å². The van der Waals surface area contributed by atoms with E-state index >= 15 is 0 Å². The normalized spacial score (nSPS) is 9.88. The number of hydrogen-bond acceptors (Lipinski definition) is 3. The summed E-state index contributed by atoms with van der Waals surface area (Å²) in [5, 5.41) is 0. The number of halogens is 1. The van der Waals surface area contributed by atoms with Crippen LogP contribution in [0.5, 0.6) is 17.4 Å². The molecule has 0 spiro atoms. The molecule has 0 radical (unpaired) electrons. The number of rotatable bonds is 3. The lowest BCUT2D eigenvalue weighted by Gasteiger charge is -2.07. The average Bonchev–Trinajstić information content (AvgIpc) is 2.32. The second kappa shape index (κ2) is 5.16. The smallest absolute Gasteiger partial charge is 0.216 e. The van der Waals surface area contributed by atoms with Crippen molar-refractivity contribution in [2.45, 2.75) is 0 Å². The van der Waals surface area contributed by atoms with Crippen LogP contribution in [0.2, 0.25) is 0 Å². The first-order chi connectivity index (χ1) is 7.79. The summed E-state index contributed by atoms with van der Waals surface area (Å²) in [6.45, 7) is 0. The van der Waals surface area contributed by atoms with Gasteiger partial charge in [-0.1, -0.05) is 12.1 Å². The van der Waals surface area contributed by atoms with Crippen molar-refractivity contribution in [2.24, 2.45) is 0 Å². The van der Waals surface area contributed by atoms with Gasteiger partial charge in [-0.3, -0.25) is 0 Å². The van der Waals surface area contributed by atoms with Gasteiger partial charge >= 0.3 is 0 Å². The average molecular weight is 327 g/mol. The third-order valence-corrected chi connectivity index (χ3v) is 2.87. The fourth-order valence-corrected chi connectivity index (χ4v) is 1.72. The molecule has 0 aliphatic carbocycles. The first kappa shape index (κ1) is 11.2. The van der Waals surface area contributed by atoms with E-state index in [1.165, 1.54) is 0 Å². The summed E-state index contributed by atoms with van der Waals surface area (Å²) in [7, 11) is 1.58. The van der Waals surface area contributed by atoms with Crippen molar-refractivity contribution in [3.8, 4) is 17.4 Å². The topological polar surface area (TPSA) is 31.4 Å². The molecule has 1 aromatic carbocycles. The molecule has 0 unspecified atom stereocenters. The molecule has 0 atom stereocenters. The first-order valence-corrected chi connectivity index (χ1v) is 5.80. The summed E-state index contributed by atoms with van der Waals surface area (Å²) in [5.41, 5.74) is 0. The number of aromatic nitrogens is 1. The van der Waals surface area contributed by atoms with Gasteiger partial charge < -0.3 is 9.47 Å². The molecule has 4 heteroatoms. The van der Waals surface area contributed by atoms with Crippen molar-refractivity contribution in [1.82, 2.24) is 4.98 Å². The molecule has 0 aliphatic heterocycles. The van der Waals surface area contributed by atoms with Crippen LogP contribution < -0.4 is 9.47 Å². The predicted molar refractivity (Wildman–Crippen MR) is 70.0 cm³/mol. The lowest BCUT2D eigenvalue weighted by Crippen LogP contribution is -1.90. The zero-order valence-electron chi connectivity index (χ0n) is 8.68. The Morgan fingerprint density at radius 3 is 2.75 bits per heavy atom. The van der Waals surface area contributed by atoms with Crippen molar-refractivity contribution in [1.29, 1.82) is 0 Å². The third kappa shape index (κ3) is 2.63. The maximum absolute atomic E-state index is 5.72. The Morgan fingerprint density at radius 2 is 2.00 bits per heavy atom. The summed E-state index contributed by atoms with van der Waals surface area (Å²) in [5.74, 6) is 2.09. The molecule has 16 heavy (non-hydrogen) atoms. The Labute approximate surface area is 108 Å². The number of methoxy groups -OCH3 is 1. The van der Waals surface area contributed by atoms with Crippen LogP contribution in [0.1, 0.15) is 0 Å². The van der Waals surface area contributed by atoms with Crippen molar-refractivity contribution < 1.29 is 9.47 Å². The monoisotopic (exact) mass is 327 g/mol. The summed E-state index contributed by atoms with van der Waals surface area (Å²) in [6.07, 6.45) is 1.66. The van der Waals surface area contributed by atoms with Crippen molar-refractivity contribution in [2.75, 3.05) is 7.11 Å². The van der Waals surface area contributed by atoms with Crippen LogP contribution >= 0.6 is 22.6 Å². The predicted octanol–water partition coefficient (Wildman–Crippen LogP) is 3.49. The Morgan fingerprint density at radius 1 is 1.19 bits per heavy atom. The molecule has 0 saturated carbocycles. The van der Waals surface area contributed by atoms with E-state index < -0.39 is 0 Å². The van der Waals surface area contributed by atoms with Gasteiger partial charge in [0, 0.05) is 12.3 Å². The molecule has 3 nitrogen and oxygen atoms in total. The SMILES string of the molecule is COc1cc(Oc2ccccc2I)ccn1. The highest BCUT2D eigenvalue weighted by atomic mass is 127. The maximum atomic E-state index is 5.72. The highest BCUT2D eigenvalue weighted by Crippen LogP contribution is 2.27. The van der Waals surface area contributed by atoms with E-state index in [-0.39, 0.29) is 0 Å². The first-order valence-electron chi connectivity index (χ1n) is 4.72. The molecule has 0 N–H and O–H groups in total. The van der Waals surface area contributed by atoms with E-state index in [9.17, 15) is 0 Å². The van der Waals surface area contributed by atoms with Crippen LogP contribution in [-0.4, -0.2) is 12.1 Å². The summed E-state index contributed by atoms with van der Waals surface area (Å²) in [6, 6.07) is 11.4. The summed E-state index contributed by atoms with van der Waals surface area (Å²) in [4.78, 5) is 4.02. The van der Waals surface area contributed by atoms with Gasteiger partial charge in [0.2, 0.25) is 5.88 Å². The third-order valence-electron chi connectivity index (χ3n) is 1.98. The van der Waals surface area contributed by atoms with Gasteiger partial charge in [-0.2, -0.15) is 0 Å². The Hall–Kier alpha value is -1.30. The van der Waals surface area contributed by atoms with Gasteiger partial charge in [-0.15, -0.1) is 0 Å². The van der Waals surface area contributed by atoms with Gasteiger partial charge in [-0.05, 0) is 40.8 Å². The van der Waals surface area contributed by atoms with Gasteiger partial charge in [0.05, 0.1) is 10.7 Å². The molecule has 2 aromatic rings. The molecule has 0 saturated heterocycles. The van der Waals surface area contributed by atoms with E-state index in [2.05, 4.69) is 27.6 Å². The molecular formula is C12H10INO2. The Balaban J connectivity index is 2.24. The highest BCUT2D eigenvalue weighted by Gasteiger charge is 2.02. The van der Waals surface area contributed by atoms with E-state index in [1.54, 1.807) is 25.4 Å². The van der Waals surface area contributed by atoms with Crippen LogP contribution in [0.3, 0.4) is 0 Å². The second-order valence-electron chi connectivity index (χ2n) is 3.07. The van der Waals surface area contributed by atoms with Crippen molar-refractivity contribution in [3.63, 3.8) is 0 Å². The fraction of sp³-hybridized carbons (Fsp3) is 0.0833. The minimum absolute atomic E-state index is 0.545. The van der Waals surface area contributed by atoms with Crippen LogP contribution in [0.4, 0.5) is 0 Å². The molecule has 2 rings (SSSR count). The Bertz CT molecular complexity index is 488. The van der Waals surface area contributed by atoms with Crippen LogP contribution in [0.25, 0.3) is 0 Å². The molecular weight excluding hydrogens is 317 g/mol. The van der Waals surface area contributed by atoms with Gasteiger partial charge in [0.15, 0.2) is 0 Å². The molecule has 0 bridgehead atoms.